The number of imidazole rings is 1. The van der Waals surface area contributed by atoms with Gasteiger partial charge in [-0.2, -0.15) is 0 Å². The van der Waals surface area contributed by atoms with Crippen LogP contribution in [0.5, 0.6) is 0 Å². The number of hydrogen-bond donors (Lipinski definition) is 3. The predicted molar refractivity (Wildman–Crippen MR) is 95.2 cm³/mol. The van der Waals surface area contributed by atoms with Crippen LogP contribution in [-0.2, 0) is 9.59 Å². The van der Waals surface area contributed by atoms with Gasteiger partial charge in [-0.05, 0) is 25.5 Å². The van der Waals surface area contributed by atoms with Crippen molar-refractivity contribution in [3.63, 3.8) is 0 Å². The molecule has 1 fully saturated rings. The minimum Gasteiger partial charge on any atom is -0.344 e. The molecule has 1 aromatic carbocycles. The van der Waals surface area contributed by atoms with Crippen LogP contribution >= 0.6 is 0 Å². The topological polar surface area (TPSA) is 113 Å². The Labute approximate surface area is 149 Å². The minimum absolute atomic E-state index is 0.0673. The van der Waals surface area contributed by atoms with Gasteiger partial charge in [0.25, 0.3) is 0 Å². The van der Waals surface area contributed by atoms with Crippen LogP contribution in [0, 0.1) is 5.92 Å². The van der Waals surface area contributed by atoms with Crippen molar-refractivity contribution in [2.24, 2.45) is 5.92 Å². The predicted octanol–water partition coefficient (Wildman–Crippen LogP) is 1.60. The number of anilines is 1. The molecule has 0 radical (unpaired) electrons. The smallest absolute Gasteiger partial charge is 0.247 e. The highest BCUT2D eigenvalue weighted by Crippen LogP contribution is 2.46. The molecule has 2 heterocycles. The summed E-state index contributed by atoms with van der Waals surface area (Å²) in [6.45, 7) is 1.64. The molecule has 3 atom stereocenters. The van der Waals surface area contributed by atoms with Crippen molar-refractivity contribution in [2.75, 3.05) is 5.32 Å². The van der Waals surface area contributed by atoms with Gasteiger partial charge in [0.15, 0.2) is 5.82 Å². The largest absolute Gasteiger partial charge is 0.344 e. The molecule has 8 heteroatoms. The van der Waals surface area contributed by atoms with E-state index >= 15 is 0 Å². The van der Waals surface area contributed by atoms with Crippen LogP contribution in [0.2, 0.25) is 0 Å². The van der Waals surface area contributed by atoms with E-state index in [2.05, 4.69) is 30.6 Å². The van der Waals surface area contributed by atoms with Crippen molar-refractivity contribution in [3.8, 4) is 0 Å². The van der Waals surface area contributed by atoms with Gasteiger partial charge in [0.05, 0.1) is 17.2 Å². The lowest BCUT2D eigenvalue weighted by Gasteiger charge is -2.13. The van der Waals surface area contributed by atoms with E-state index in [-0.39, 0.29) is 23.7 Å². The zero-order chi connectivity index (χ0) is 18.1. The van der Waals surface area contributed by atoms with Crippen LogP contribution in [0.1, 0.15) is 25.1 Å². The number of rotatable bonds is 5. The molecule has 0 unspecified atom stereocenters. The molecule has 3 aromatic rings. The first kappa shape index (κ1) is 16.2. The van der Waals surface area contributed by atoms with Crippen LogP contribution < -0.4 is 10.6 Å². The summed E-state index contributed by atoms with van der Waals surface area (Å²) in [5.74, 6) is 0.602. The second-order valence-corrected chi connectivity index (χ2v) is 6.40. The van der Waals surface area contributed by atoms with E-state index in [1.165, 1.54) is 18.6 Å². The Hall–Kier alpha value is -3.29. The summed E-state index contributed by atoms with van der Waals surface area (Å²) in [7, 11) is 0. The summed E-state index contributed by atoms with van der Waals surface area (Å²) in [6, 6.07) is 7.11. The normalized spacial score (nSPS) is 19.7. The van der Waals surface area contributed by atoms with Gasteiger partial charge >= 0.3 is 0 Å². The number of nitrogens with zero attached hydrogens (tertiary/aromatic N) is 3. The first-order valence-electron chi connectivity index (χ1n) is 8.43. The molecule has 0 saturated heterocycles. The second kappa shape index (κ2) is 6.55. The lowest BCUT2D eigenvalue weighted by atomic mass is 10.2. The molecule has 3 N–H and O–H groups in total. The summed E-state index contributed by atoms with van der Waals surface area (Å²) >= 11 is 0. The SMILES string of the molecule is C[C@H](NC(=O)[C@@H]1C[C@H]1c1nc2ccccc2[nH]1)C(=O)Nc1cnccn1. The molecule has 2 aromatic heterocycles. The monoisotopic (exact) mass is 350 g/mol. The van der Waals surface area contributed by atoms with Crippen LogP contribution in [0.4, 0.5) is 5.82 Å². The maximum Gasteiger partial charge on any atom is 0.247 e. The average molecular weight is 350 g/mol. The number of nitrogens with one attached hydrogen (secondary N) is 3. The van der Waals surface area contributed by atoms with E-state index in [4.69, 9.17) is 0 Å². The van der Waals surface area contributed by atoms with Crippen molar-refractivity contribution >= 4 is 28.7 Å². The van der Waals surface area contributed by atoms with Gasteiger partial charge in [-0.1, -0.05) is 12.1 Å². The van der Waals surface area contributed by atoms with E-state index in [0.717, 1.165) is 23.3 Å². The number of carbonyl (C=O) groups excluding carboxylic acids is 2. The first-order valence-corrected chi connectivity index (χ1v) is 8.43. The number of H-pyrrole nitrogens is 1. The standard InChI is InChI=1S/C18H18N6O2/c1-10(17(25)24-15-9-19-6-7-20-15)21-18(26)12-8-11(12)16-22-13-4-2-3-5-14(13)23-16/h2-7,9-12H,8H2,1H3,(H,21,26)(H,22,23)(H,20,24,25)/t10-,11+,12+/m0/s1. The highest BCUT2D eigenvalue weighted by Gasteiger charge is 2.46. The Morgan fingerprint density at radius 1 is 1.27 bits per heavy atom. The Kier molecular flexibility index (Phi) is 4.08. The van der Waals surface area contributed by atoms with Crippen molar-refractivity contribution in [1.29, 1.82) is 0 Å². The average Bonchev–Trinajstić information content (AvgIpc) is 3.34. The van der Waals surface area contributed by atoms with E-state index < -0.39 is 6.04 Å². The third-order valence-corrected chi connectivity index (χ3v) is 4.45. The van der Waals surface area contributed by atoms with E-state index in [0.29, 0.717) is 5.82 Å². The zero-order valence-electron chi connectivity index (χ0n) is 14.1. The number of aromatic amines is 1. The lowest BCUT2D eigenvalue weighted by molar-refractivity contribution is -0.127. The Balaban J connectivity index is 1.34. The van der Waals surface area contributed by atoms with Gasteiger partial charge in [0.2, 0.25) is 11.8 Å². The maximum atomic E-state index is 12.4. The number of aromatic nitrogens is 4. The fraction of sp³-hybridized carbons (Fsp3) is 0.278. The van der Waals surface area contributed by atoms with Crippen molar-refractivity contribution in [1.82, 2.24) is 25.3 Å². The molecular weight excluding hydrogens is 332 g/mol. The first-order chi connectivity index (χ1) is 12.6. The fourth-order valence-corrected chi connectivity index (χ4v) is 2.92. The Bertz CT molecular complexity index is 921. The molecule has 132 valence electrons. The van der Waals surface area contributed by atoms with Gasteiger partial charge in [-0.25, -0.2) is 9.97 Å². The van der Waals surface area contributed by atoms with E-state index in [1.54, 1.807) is 6.92 Å². The second-order valence-electron chi connectivity index (χ2n) is 6.40. The molecular formula is C18H18N6O2. The van der Waals surface area contributed by atoms with Crippen LogP contribution in [0.25, 0.3) is 11.0 Å². The molecule has 2 amide bonds. The maximum absolute atomic E-state index is 12.4. The number of carbonyl (C=O) groups is 2. The fourth-order valence-electron chi connectivity index (χ4n) is 2.92. The molecule has 0 bridgehead atoms. The number of benzene rings is 1. The van der Waals surface area contributed by atoms with Crippen molar-refractivity contribution < 1.29 is 9.59 Å². The van der Waals surface area contributed by atoms with E-state index in [1.807, 2.05) is 24.3 Å². The summed E-state index contributed by atoms with van der Waals surface area (Å²) in [6.07, 6.45) is 5.18. The summed E-state index contributed by atoms with van der Waals surface area (Å²) < 4.78 is 0. The number of para-hydroxylation sites is 2. The molecule has 4 rings (SSSR count). The van der Waals surface area contributed by atoms with Crippen molar-refractivity contribution in [2.45, 2.75) is 25.3 Å². The highest BCUT2D eigenvalue weighted by molar-refractivity contribution is 5.97. The quantitative estimate of drug-likeness (QED) is 0.647. The molecule has 1 aliphatic carbocycles. The zero-order valence-corrected chi connectivity index (χ0v) is 14.1. The number of amides is 2. The number of fused-ring (bicyclic) bond motifs is 1. The molecule has 0 aliphatic heterocycles. The third kappa shape index (κ3) is 3.26. The van der Waals surface area contributed by atoms with Crippen LogP contribution in [0.15, 0.2) is 42.9 Å². The molecule has 26 heavy (non-hydrogen) atoms. The Morgan fingerprint density at radius 2 is 2.12 bits per heavy atom. The van der Waals surface area contributed by atoms with Crippen LogP contribution in [0.3, 0.4) is 0 Å². The van der Waals surface area contributed by atoms with Crippen LogP contribution in [-0.4, -0.2) is 37.8 Å². The summed E-state index contributed by atoms with van der Waals surface area (Å²) in [4.78, 5) is 40.2. The van der Waals surface area contributed by atoms with Gasteiger partial charge < -0.3 is 15.6 Å². The molecule has 1 aliphatic rings. The summed E-state index contributed by atoms with van der Waals surface area (Å²) in [5.41, 5.74) is 1.86. The van der Waals surface area contributed by atoms with Gasteiger partial charge in [0.1, 0.15) is 11.9 Å². The highest BCUT2D eigenvalue weighted by atomic mass is 16.2. The molecule has 0 spiro atoms. The summed E-state index contributed by atoms with van der Waals surface area (Å²) in [5, 5.41) is 5.38. The minimum atomic E-state index is -0.665. The van der Waals surface area contributed by atoms with Gasteiger partial charge in [-0.15, -0.1) is 0 Å². The Morgan fingerprint density at radius 3 is 2.88 bits per heavy atom. The lowest BCUT2D eigenvalue weighted by Crippen LogP contribution is -2.42. The van der Waals surface area contributed by atoms with Crippen molar-refractivity contribution in [3.05, 3.63) is 48.7 Å². The third-order valence-electron chi connectivity index (χ3n) is 4.45. The van der Waals surface area contributed by atoms with E-state index in [9.17, 15) is 9.59 Å². The van der Waals surface area contributed by atoms with Gasteiger partial charge in [0, 0.05) is 24.2 Å². The number of hydrogen-bond acceptors (Lipinski definition) is 5. The molecule has 1 saturated carbocycles. The molecule has 8 nitrogen and oxygen atoms in total. The van der Waals surface area contributed by atoms with Gasteiger partial charge in [-0.3, -0.25) is 14.6 Å².